The smallest absolute Gasteiger partial charge is 0.242 e. The zero-order valence-corrected chi connectivity index (χ0v) is 13.3. The van der Waals surface area contributed by atoms with Crippen LogP contribution < -0.4 is 10.5 Å². The predicted molar refractivity (Wildman–Crippen MR) is 79.9 cm³/mol. The molecule has 7 nitrogen and oxygen atoms in total. The number of aryl methyl sites for hydroxylation is 1. The Morgan fingerprint density at radius 3 is 2.57 bits per heavy atom. The van der Waals surface area contributed by atoms with Gasteiger partial charge in [0, 0.05) is 49.8 Å². The summed E-state index contributed by atoms with van der Waals surface area (Å²) in [6, 6.07) is 1.77. The number of aromatic nitrogens is 3. The molecule has 0 amide bonds. The Morgan fingerprint density at radius 1 is 1.38 bits per heavy atom. The van der Waals surface area contributed by atoms with Crippen molar-refractivity contribution in [2.45, 2.75) is 37.9 Å². The van der Waals surface area contributed by atoms with E-state index in [4.69, 9.17) is 5.73 Å². The molecule has 0 bridgehead atoms. The summed E-state index contributed by atoms with van der Waals surface area (Å²) in [5, 5.41) is 4.01. The molecule has 8 heteroatoms. The number of hydrogen-bond donors (Lipinski definition) is 2. The van der Waals surface area contributed by atoms with E-state index in [-0.39, 0.29) is 17.5 Å². The Hall–Kier alpha value is -1.64. The minimum absolute atomic E-state index is 0.158. The maximum absolute atomic E-state index is 12.3. The van der Waals surface area contributed by atoms with E-state index in [1.54, 1.807) is 36.4 Å². The fraction of sp³-hybridized carbons (Fsp3) is 0.462. The molecule has 0 aromatic carbocycles. The van der Waals surface area contributed by atoms with Gasteiger partial charge in [-0.05, 0) is 19.9 Å². The number of nitrogens with zero attached hydrogens (tertiary/aromatic N) is 3. The summed E-state index contributed by atoms with van der Waals surface area (Å²) >= 11 is 0. The van der Waals surface area contributed by atoms with Crippen molar-refractivity contribution in [1.29, 1.82) is 0 Å². The Bertz CT molecular complexity index is 715. The van der Waals surface area contributed by atoms with Crippen LogP contribution in [0.15, 0.2) is 29.6 Å². The minimum Gasteiger partial charge on any atom is -0.346 e. The Labute approximate surface area is 124 Å². The molecular formula is C13H21N5O2S. The summed E-state index contributed by atoms with van der Waals surface area (Å²) in [7, 11) is -1.77. The maximum atomic E-state index is 12.3. The van der Waals surface area contributed by atoms with Crippen molar-refractivity contribution in [2.75, 3.05) is 0 Å². The highest BCUT2D eigenvalue weighted by atomic mass is 32.2. The Kier molecular flexibility index (Phi) is 4.50. The summed E-state index contributed by atoms with van der Waals surface area (Å²) in [5.41, 5.74) is 7.27. The van der Waals surface area contributed by atoms with Gasteiger partial charge in [0.1, 0.15) is 0 Å². The van der Waals surface area contributed by atoms with Crippen molar-refractivity contribution in [3.63, 3.8) is 0 Å². The molecular weight excluding hydrogens is 290 g/mol. The molecule has 0 aliphatic carbocycles. The second-order valence-electron chi connectivity index (χ2n) is 5.22. The van der Waals surface area contributed by atoms with Crippen LogP contribution in [0.3, 0.4) is 0 Å². The molecule has 21 heavy (non-hydrogen) atoms. The van der Waals surface area contributed by atoms with E-state index >= 15 is 0 Å². The van der Waals surface area contributed by atoms with Crippen molar-refractivity contribution in [1.82, 2.24) is 19.1 Å². The molecule has 0 saturated heterocycles. The molecule has 116 valence electrons. The zero-order valence-electron chi connectivity index (χ0n) is 12.4. The molecule has 0 radical (unpaired) electrons. The highest BCUT2D eigenvalue weighted by Gasteiger charge is 2.19. The molecule has 0 unspecified atom stereocenters. The lowest BCUT2D eigenvalue weighted by Gasteiger charge is -2.10. The molecule has 2 aromatic rings. The molecule has 3 N–H and O–H groups in total. The third-order valence-electron chi connectivity index (χ3n) is 3.21. The molecule has 2 aromatic heterocycles. The number of hydrogen-bond acceptors (Lipinski definition) is 4. The zero-order chi connectivity index (χ0) is 15.6. The van der Waals surface area contributed by atoms with Crippen molar-refractivity contribution in [3.8, 4) is 0 Å². The summed E-state index contributed by atoms with van der Waals surface area (Å²) in [4.78, 5) is 0.237. The minimum atomic E-state index is -3.56. The van der Waals surface area contributed by atoms with Gasteiger partial charge in [-0.25, -0.2) is 13.1 Å². The van der Waals surface area contributed by atoms with Gasteiger partial charge >= 0.3 is 0 Å². The summed E-state index contributed by atoms with van der Waals surface area (Å²) in [5.74, 6) is 0. The van der Waals surface area contributed by atoms with Crippen LogP contribution in [0.5, 0.6) is 0 Å². The first kappa shape index (κ1) is 15.7. The van der Waals surface area contributed by atoms with Gasteiger partial charge in [-0.1, -0.05) is 0 Å². The van der Waals surface area contributed by atoms with E-state index in [2.05, 4.69) is 9.82 Å². The van der Waals surface area contributed by atoms with Crippen LogP contribution in [-0.4, -0.2) is 22.8 Å². The maximum Gasteiger partial charge on any atom is 0.242 e. The van der Waals surface area contributed by atoms with Gasteiger partial charge in [-0.2, -0.15) is 5.10 Å². The second kappa shape index (κ2) is 6.00. The van der Waals surface area contributed by atoms with Gasteiger partial charge in [-0.3, -0.25) is 4.68 Å². The highest BCUT2D eigenvalue weighted by Crippen LogP contribution is 2.18. The Morgan fingerprint density at radius 2 is 2.10 bits per heavy atom. The molecule has 0 aliphatic heterocycles. The largest absolute Gasteiger partial charge is 0.346 e. The standard InChI is InChI=1S/C13H21N5O2S/c1-10(2)18-9-13(4-12(18)5-14)21(19,20)16-7-11-6-15-17(3)8-11/h4,6,8-10,16H,5,7,14H2,1-3H3. The van der Waals surface area contributed by atoms with E-state index < -0.39 is 10.0 Å². The second-order valence-corrected chi connectivity index (χ2v) is 6.99. The predicted octanol–water partition coefficient (Wildman–Crippen LogP) is 0.740. The summed E-state index contributed by atoms with van der Waals surface area (Å²) in [6.45, 7) is 4.48. The SMILES string of the molecule is CC(C)n1cc(S(=O)(=O)NCc2cnn(C)c2)cc1CN. The van der Waals surface area contributed by atoms with Crippen LogP contribution in [0.2, 0.25) is 0 Å². The van der Waals surface area contributed by atoms with Gasteiger partial charge in [0.15, 0.2) is 0 Å². The van der Waals surface area contributed by atoms with Gasteiger partial charge in [-0.15, -0.1) is 0 Å². The summed E-state index contributed by atoms with van der Waals surface area (Å²) in [6.07, 6.45) is 5.03. The molecule has 0 aliphatic rings. The molecule has 2 rings (SSSR count). The third-order valence-corrected chi connectivity index (χ3v) is 4.58. The first-order valence-electron chi connectivity index (χ1n) is 6.71. The average molecular weight is 311 g/mol. The normalized spacial score (nSPS) is 12.2. The molecule has 0 atom stereocenters. The summed E-state index contributed by atoms with van der Waals surface area (Å²) < 4.78 is 30.7. The fourth-order valence-electron chi connectivity index (χ4n) is 2.11. The van der Waals surface area contributed by atoms with Crippen LogP contribution in [0.1, 0.15) is 31.1 Å². The number of sulfonamides is 1. The van der Waals surface area contributed by atoms with Crippen LogP contribution >= 0.6 is 0 Å². The highest BCUT2D eigenvalue weighted by molar-refractivity contribution is 7.89. The number of rotatable bonds is 6. The van der Waals surface area contributed by atoms with Crippen molar-refractivity contribution in [3.05, 3.63) is 35.9 Å². The van der Waals surface area contributed by atoms with E-state index in [1.807, 2.05) is 18.4 Å². The van der Waals surface area contributed by atoms with Gasteiger partial charge in [0.2, 0.25) is 10.0 Å². The van der Waals surface area contributed by atoms with Crippen molar-refractivity contribution in [2.24, 2.45) is 12.8 Å². The first-order chi connectivity index (χ1) is 9.83. The molecule has 0 fully saturated rings. The van der Waals surface area contributed by atoms with Crippen LogP contribution in [-0.2, 0) is 30.2 Å². The average Bonchev–Trinajstić information content (AvgIpc) is 3.02. The lowest BCUT2D eigenvalue weighted by atomic mass is 10.3. The number of nitrogens with one attached hydrogen (secondary N) is 1. The quantitative estimate of drug-likeness (QED) is 0.822. The third kappa shape index (κ3) is 3.52. The monoisotopic (exact) mass is 311 g/mol. The van der Waals surface area contributed by atoms with Gasteiger partial charge in [0.05, 0.1) is 11.1 Å². The lowest BCUT2D eigenvalue weighted by Crippen LogP contribution is -2.22. The van der Waals surface area contributed by atoms with Gasteiger partial charge < -0.3 is 10.3 Å². The van der Waals surface area contributed by atoms with E-state index in [9.17, 15) is 8.42 Å². The fourth-order valence-corrected chi connectivity index (χ4v) is 3.18. The van der Waals surface area contributed by atoms with Crippen LogP contribution in [0.4, 0.5) is 0 Å². The van der Waals surface area contributed by atoms with E-state index in [1.165, 1.54) is 0 Å². The number of nitrogens with two attached hydrogens (primary N) is 1. The lowest BCUT2D eigenvalue weighted by molar-refractivity contribution is 0.569. The van der Waals surface area contributed by atoms with E-state index in [0.717, 1.165) is 11.3 Å². The molecule has 0 saturated carbocycles. The van der Waals surface area contributed by atoms with Crippen molar-refractivity contribution >= 4 is 10.0 Å². The Balaban J connectivity index is 2.19. The molecule has 2 heterocycles. The molecule has 0 spiro atoms. The van der Waals surface area contributed by atoms with E-state index in [0.29, 0.717) is 6.54 Å². The van der Waals surface area contributed by atoms with Crippen molar-refractivity contribution < 1.29 is 8.42 Å². The van der Waals surface area contributed by atoms with Crippen LogP contribution in [0, 0.1) is 0 Å². The topological polar surface area (TPSA) is 94.9 Å². The first-order valence-corrected chi connectivity index (χ1v) is 8.20. The van der Waals surface area contributed by atoms with Crippen LogP contribution in [0.25, 0.3) is 0 Å². The van der Waals surface area contributed by atoms with Gasteiger partial charge in [0.25, 0.3) is 0 Å².